The number of methoxy groups -OCH3 is 1. The Labute approximate surface area is 204 Å². The number of benzene rings is 2. The number of nitrogens with zero attached hydrogens (tertiary/aromatic N) is 2. The fourth-order valence-corrected chi connectivity index (χ4v) is 5.19. The maximum atomic E-state index is 12.8. The van der Waals surface area contributed by atoms with Crippen molar-refractivity contribution >= 4 is 28.8 Å². The van der Waals surface area contributed by atoms with E-state index in [0.717, 1.165) is 35.0 Å². The molecule has 1 N–H and O–H groups in total. The second-order valence-electron chi connectivity index (χ2n) is 8.13. The Kier molecular flexibility index (Phi) is 7.85. The number of allylic oxidation sites excluding steroid dienone is 1. The third kappa shape index (κ3) is 5.25. The summed E-state index contributed by atoms with van der Waals surface area (Å²) in [4.78, 5) is 32.4. The van der Waals surface area contributed by atoms with Crippen LogP contribution >= 0.6 is 11.8 Å². The molecule has 2 aromatic rings. The number of nitrogens with one attached hydrogen (secondary N) is 1. The van der Waals surface area contributed by atoms with Crippen molar-refractivity contribution in [1.29, 1.82) is 0 Å². The standard InChI is InChI=1S/C27H29N3O3S/c1-3-22-24(26(32)33-2)25(20-14-8-5-9-15-20)30-21(18-34-27(30)29-22)17-23(31)28-16-10-13-19-11-6-4-7-12-19/h4-9,11-12,14-15,18,25H,3,10,13,16-17H2,1-2H3,(H,28,31). The molecule has 0 fully saturated rings. The Balaban J connectivity index is 1.49. The van der Waals surface area contributed by atoms with E-state index >= 15 is 0 Å². The third-order valence-electron chi connectivity index (χ3n) is 5.89. The van der Waals surface area contributed by atoms with Crippen LogP contribution in [0, 0.1) is 0 Å². The quantitative estimate of drug-likeness (QED) is 0.410. The smallest absolute Gasteiger partial charge is 0.338 e. The van der Waals surface area contributed by atoms with Gasteiger partial charge in [0.05, 0.1) is 30.8 Å². The summed E-state index contributed by atoms with van der Waals surface area (Å²) in [6.07, 6.45) is 2.63. The van der Waals surface area contributed by atoms with Crippen molar-refractivity contribution < 1.29 is 14.3 Å². The number of amides is 1. The third-order valence-corrected chi connectivity index (χ3v) is 6.78. The number of aliphatic imine (C=N–C) groups is 1. The molecular weight excluding hydrogens is 446 g/mol. The topological polar surface area (TPSA) is 71.0 Å². The molecule has 176 valence electrons. The number of ether oxygens (including phenoxy) is 1. The van der Waals surface area contributed by atoms with Gasteiger partial charge in [0.25, 0.3) is 0 Å². The van der Waals surface area contributed by atoms with Gasteiger partial charge < -0.3 is 15.0 Å². The number of fused-ring (bicyclic) bond motifs is 1. The lowest BCUT2D eigenvalue weighted by molar-refractivity contribution is -0.136. The van der Waals surface area contributed by atoms with Crippen molar-refractivity contribution in [3.8, 4) is 0 Å². The molecular formula is C27H29N3O3S. The predicted molar refractivity (Wildman–Crippen MR) is 136 cm³/mol. The molecule has 6 nitrogen and oxygen atoms in total. The van der Waals surface area contributed by atoms with E-state index in [1.165, 1.54) is 24.4 Å². The number of carbonyl (C=O) groups is 2. The van der Waals surface area contributed by atoms with Crippen molar-refractivity contribution in [3.05, 3.63) is 94.2 Å². The van der Waals surface area contributed by atoms with Gasteiger partial charge in [0, 0.05) is 12.2 Å². The van der Waals surface area contributed by atoms with Gasteiger partial charge in [-0.15, -0.1) is 0 Å². The largest absolute Gasteiger partial charge is 0.466 e. The highest BCUT2D eigenvalue weighted by atomic mass is 32.2. The van der Waals surface area contributed by atoms with Crippen LogP contribution in [0.3, 0.4) is 0 Å². The van der Waals surface area contributed by atoms with Gasteiger partial charge in [-0.1, -0.05) is 79.3 Å². The molecule has 1 unspecified atom stereocenters. The number of esters is 1. The number of hydrogen-bond donors (Lipinski definition) is 1. The summed E-state index contributed by atoms with van der Waals surface area (Å²) in [6, 6.07) is 19.7. The molecule has 0 bridgehead atoms. The number of carbonyl (C=O) groups excluding carboxylic acids is 2. The van der Waals surface area contributed by atoms with Crippen molar-refractivity contribution in [2.24, 2.45) is 4.99 Å². The summed E-state index contributed by atoms with van der Waals surface area (Å²) in [5, 5.41) is 5.78. The van der Waals surface area contributed by atoms with Gasteiger partial charge in [-0.2, -0.15) is 0 Å². The van der Waals surface area contributed by atoms with Gasteiger partial charge >= 0.3 is 5.97 Å². The fourth-order valence-electron chi connectivity index (χ4n) is 4.26. The van der Waals surface area contributed by atoms with Crippen LogP contribution in [0.5, 0.6) is 0 Å². The number of hydrogen-bond acceptors (Lipinski definition) is 6. The molecule has 0 saturated carbocycles. The number of amidine groups is 1. The Morgan fingerprint density at radius 2 is 1.79 bits per heavy atom. The molecule has 2 aromatic carbocycles. The van der Waals surface area contributed by atoms with E-state index in [0.29, 0.717) is 18.5 Å². The van der Waals surface area contributed by atoms with Crippen LogP contribution in [0.15, 0.2) is 88.0 Å². The molecule has 0 saturated heterocycles. The van der Waals surface area contributed by atoms with E-state index in [4.69, 9.17) is 9.73 Å². The van der Waals surface area contributed by atoms with E-state index in [9.17, 15) is 9.59 Å². The van der Waals surface area contributed by atoms with Crippen molar-refractivity contribution in [3.63, 3.8) is 0 Å². The molecule has 34 heavy (non-hydrogen) atoms. The maximum absolute atomic E-state index is 12.8. The van der Waals surface area contributed by atoms with Gasteiger partial charge in [0.2, 0.25) is 5.91 Å². The van der Waals surface area contributed by atoms with Crippen LogP contribution in [0.4, 0.5) is 0 Å². The first-order valence-corrected chi connectivity index (χ1v) is 12.4. The van der Waals surface area contributed by atoms with Crippen molar-refractivity contribution in [2.45, 2.75) is 38.6 Å². The van der Waals surface area contributed by atoms with Crippen LogP contribution < -0.4 is 5.32 Å². The first kappa shape index (κ1) is 23.8. The maximum Gasteiger partial charge on any atom is 0.338 e. The first-order chi connectivity index (χ1) is 16.6. The minimum Gasteiger partial charge on any atom is -0.466 e. The zero-order valence-corrected chi connectivity index (χ0v) is 20.3. The van der Waals surface area contributed by atoms with Crippen LogP contribution in [-0.4, -0.2) is 35.6 Å². The van der Waals surface area contributed by atoms with Crippen molar-refractivity contribution in [2.75, 3.05) is 13.7 Å². The SMILES string of the molecule is CCC1=C(C(=O)OC)C(c2ccccc2)N2C(CC(=O)NCCCc3ccccc3)=CSC2=N1. The Morgan fingerprint density at radius 1 is 1.09 bits per heavy atom. The molecule has 7 heteroatoms. The molecule has 1 amide bonds. The molecule has 2 aliphatic rings. The van der Waals surface area contributed by atoms with E-state index in [-0.39, 0.29) is 18.4 Å². The highest BCUT2D eigenvalue weighted by Crippen LogP contribution is 2.45. The molecule has 0 aliphatic carbocycles. The highest BCUT2D eigenvalue weighted by molar-refractivity contribution is 8.16. The Morgan fingerprint density at radius 3 is 2.47 bits per heavy atom. The van der Waals surface area contributed by atoms with Crippen LogP contribution in [-0.2, 0) is 20.7 Å². The fraction of sp³-hybridized carbons (Fsp3) is 0.296. The zero-order chi connectivity index (χ0) is 23.9. The Bertz CT molecular complexity index is 1130. The average molecular weight is 476 g/mol. The second kappa shape index (κ2) is 11.2. The number of rotatable bonds is 9. The van der Waals surface area contributed by atoms with E-state index < -0.39 is 5.97 Å². The first-order valence-electron chi connectivity index (χ1n) is 11.5. The molecule has 1 atom stereocenters. The monoisotopic (exact) mass is 475 g/mol. The molecule has 4 rings (SSSR count). The molecule has 2 aliphatic heterocycles. The normalized spacial score (nSPS) is 17.1. The molecule has 2 heterocycles. The van der Waals surface area contributed by atoms with Gasteiger partial charge in [0.1, 0.15) is 0 Å². The summed E-state index contributed by atoms with van der Waals surface area (Å²) in [7, 11) is 1.39. The van der Waals surface area contributed by atoms with Crippen molar-refractivity contribution in [1.82, 2.24) is 10.2 Å². The molecule has 0 radical (unpaired) electrons. The second-order valence-corrected chi connectivity index (χ2v) is 8.96. The number of aryl methyl sites for hydroxylation is 1. The van der Waals surface area contributed by atoms with Gasteiger partial charge in [-0.05, 0) is 35.8 Å². The summed E-state index contributed by atoms with van der Waals surface area (Å²) in [5.74, 6) is -0.437. The van der Waals surface area contributed by atoms with Crippen LogP contribution in [0.25, 0.3) is 0 Å². The highest BCUT2D eigenvalue weighted by Gasteiger charge is 2.41. The van der Waals surface area contributed by atoms with Gasteiger partial charge in [-0.25, -0.2) is 9.79 Å². The summed E-state index contributed by atoms with van der Waals surface area (Å²) < 4.78 is 5.14. The predicted octanol–water partition coefficient (Wildman–Crippen LogP) is 4.96. The van der Waals surface area contributed by atoms with Gasteiger partial charge in [0.15, 0.2) is 5.17 Å². The lowest BCUT2D eigenvalue weighted by atomic mass is 9.93. The van der Waals surface area contributed by atoms with Gasteiger partial charge in [-0.3, -0.25) is 4.79 Å². The lowest BCUT2D eigenvalue weighted by Crippen LogP contribution is -2.38. The van der Waals surface area contributed by atoms with E-state index in [2.05, 4.69) is 17.4 Å². The van der Waals surface area contributed by atoms with E-state index in [1.54, 1.807) is 0 Å². The van der Waals surface area contributed by atoms with Crippen LogP contribution in [0.2, 0.25) is 0 Å². The summed E-state index contributed by atoms with van der Waals surface area (Å²) in [6.45, 7) is 2.60. The average Bonchev–Trinajstić information content (AvgIpc) is 3.28. The minimum absolute atomic E-state index is 0.0436. The minimum atomic E-state index is -0.393. The molecule has 0 spiro atoms. The lowest BCUT2D eigenvalue weighted by Gasteiger charge is -2.36. The van der Waals surface area contributed by atoms with E-state index in [1.807, 2.05) is 65.8 Å². The number of thioether (sulfide) groups is 1. The molecule has 0 aromatic heterocycles. The summed E-state index contributed by atoms with van der Waals surface area (Å²) in [5.41, 5.74) is 4.30. The Hall–Kier alpha value is -3.32. The van der Waals surface area contributed by atoms with Crippen LogP contribution in [0.1, 0.15) is 43.4 Å². The summed E-state index contributed by atoms with van der Waals surface area (Å²) >= 11 is 1.49. The zero-order valence-electron chi connectivity index (χ0n) is 19.5.